The Morgan fingerprint density at radius 1 is 1.00 bits per heavy atom. The van der Waals surface area contributed by atoms with E-state index < -0.39 is 0 Å². The van der Waals surface area contributed by atoms with E-state index in [4.69, 9.17) is 4.42 Å². The fourth-order valence-corrected chi connectivity index (χ4v) is 1.96. The molecular weight excluding hydrogens is 226 g/mol. The van der Waals surface area contributed by atoms with Crippen molar-refractivity contribution in [3.8, 4) is 5.75 Å². The molecule has 0 aliphatic carbocycles. The summed E-state index contributed by atoms with van der Waals surface area (Å²) in [5.74, 6) is 0.910. The van der Waals surface area contributed by atoms with Crippen LogP contribution in [0, 0.1) is 0 Å². The zero-order valence-corrected chi connectivity index (χ0v) is 9.84. The maximum Gasteiger partial charge on any atom is 0.195 e. The van der Waals surface area contributed by atoms with Crippen molar-refractivity contribution < 1.29 is 9.52 Å². The third-order valence-corrected chi connectivity index (χ3v) is 2.89. The Kier molecular flexibility index (Phi) is 2.73. The molecule has 1 aromatic heterocycles. The van der Waals surface area contributed by atoms with Gasteiger partial charge in [-0.2, -0.15) is 0 Å². The third-order valence-electron chi connectivity index (χ3n) is 2.89. The summed E-state index contributed by atoms with van der Waals surface area (Å²) in [6, 6.07) is 15.2. The lowest BCUT2D eigenvalue weighted by atomic mass is 10.1. The highest BCUT2D eigenvalue weighted by molar-refractivity contribution is 5.74. The minimum Gasteiger partial charge on any atom is -0.508 e. The van der Waals surface area contributed by atoms with Gasteiger partial charge in [0.1, 0.15) is 11.3 Å². The molecule has 90 valence electrons. The van der Waals surface area contributed by atoms with Crippen molar-refractivity contribution in [3.63, 3.8) is 0 Å². The maximum absolute atomic E-state index is 9.36. The Morgan fingerprint density at radius 3 is 2.67 bits per heavy atom. The number of oxazole rings is 1. The van der Waals surface area contributed by atoms with Crippen LogP contribution in [0.5, 0.6) is 5.75 Å². The highest BCUT2D eigenvalue weighted by Crippen LogP contribution is 2.21. The minimum absolute atomic E-state index is 0.202. The number of rotatable bonds is 3. The van der Waals surface area contributed by atoms with Gasteiger partial charge in [-0.05, 0) is 24.1 Å². The second kappa shape index (κ2) is 4.53. The summed E-state index contributed by atoms with van der Waals surface area (Å²) < 4.78 is 5.60. The summed E-state index contributed by atoms with van der Waals surface area (Å²) >= 11 is 0. The van der Waals surface area contributed by atoms with Crippen LogP contribution in [-0.2, 0) is 12.8 Å². The number of aromatic hydroxyl groups is 1. The number of aryl methyl sites for hydroxylation is 2. The number of nitrogens with zero attached hydrogens (tertiary/aromatic N) is 1. The average Bonchev–Trinajstić information content (AvgIpc) is 2.79. The first-order chi connectivity index (χ1) is 8.81. The van der Waals surface area contributed by atoms with Crippen LogP contribution in [0.25, 0.3) is 11.1 Å². The van der Waals surface area contributed by atoms with E-state index in [9.17, 15) is 5.11 Å². The molecule has 0 saturated heterocycles. The van der Waals surface area contributed by atoms with Crippen LogP contribution in [0.3, 0.4) is 0 Å². The molecule has 0 saturated carbocycles. The number of fused-ring (bicyclic) bond motifs is 1. The molecule has 2 aromatic carbocycles. The van der Waals surface area contributed by atoms with E-state index in [1.165, 1.54) is 5.56 Å². The van der Waals surface area contributed by atoms with Crippen molar-refractivity contribution in [1.29, 1.82) is 0 Å². The van der Waals surface area contributed by atoms with Gasteiger partial charge in [-0.3, -0.25) is 0 Å². The van der Waals surface area contributed by atoms with Gasteiger partial charge in [0.05, 0.1) is 0 Å². The lowest BCUT2D eigenvalue weighted by Crippen LogP contribution is -1.90. The minimum atomic E-state index is 0.202. The first-order valence-electron chi connectivity index (χ1n) is 5.93. The van der Waals surface area contributed by atoms with E-state index >= 15 is 0 Å². The maximum atomic E-state index is 9.36. The normalized spacial score (nSPS) is 10.9. The molecule has 3 heteroatoms. The lowest BCUT2D eigenvalue weighted by Gasteiger charge is -1.96. The Morgan fingerprint density at radius 2 is 1.83 bits per heavy atom. The molecule has 0 unspecified atom stereocenters. The van der Waals surface area contributed by atoms with Crippen LogP contribution < -0.4 is 0 Å². The number of phenols is 1. The van der Waals surface area contributed by atoms with E-state index in [0.29, 0.717) is 11.5 Å². The molecule has 0 amide bonds. The van der Waals surface area contributed by atoms with E-state index in [-0.39, 0.29) is 5.75 Å². The summed E-state index contributed by atoms with van der Waals surface area (Å²) in [4.78, 5) is 4.39. The molecular formula is C15H13NO2. The molecule has 1 heterocycles. The smallest absolute Gasteiger partial charge is 0.195 e. The number of aromatic nitrogens is 1. The van der Waals surface area contributed by atoms with Crippen LogP contribution in [0.1, 0.15) is 11.5 Å². The molecule has 0 atom stereocenters. The van der Waals surface area contributed by atoms with Gasteiger partial charge in [-0.25, -0.2) is 4.98 Å². The molecule has 0 radical (unpaired) electrons. The van der Waals surface area contributed by atoms with Crippen LogP contribution in [-0.4, -0.2) is 10.1 Å². The number of phenolic OH excluding ortho intramolecular Hbond substituents is 1. The van der Waals surface area contributed by atoms with Gasteiger partial charge in [-0.15, -0.1) is 0 Å². The first kappa shape index (κ1) is 10.8. The van der Waals surface area contributed by atoms with Crippen molar-refractivity contribution >= 4 is 11.1 Å². The molecule has 0 spiro atoms. The Bertz CT molecular complexity index is 659. The summed E-state index contributed by atoms with van der Waals surface area (Å²) in [6.07, 6.45) is 1.67. The number of hydrogen-bond donors (Lipinski definition) is 1. The summed E-state index contributed by atoms with van der Waals surface area (Å²) in [5, 5.41) is 9.36. The largest absolute Gasteiger partial charge is 0.508 e. The molecule has 3 aromatic rings. The predicted octanol–water partition coefficient (Wildman–Crippen LogP) is 3.32. The monoisotopic (exact) mass is 239 g/mol. The quantitative estimate of drug-likeness (QED) is 0.762. The van der Waals surface area contributed by atoms with Gasteiger partial charge in [0.2, 0.25) is 0 Å². The molecule has 1 N–H and O–H groups in total. The fourth-order valence-electron chi connectivity index (χ4n) is 1.96. The van der Waals surface area contributed by atoms with Crippen LogP contribution in [0.4, 0.5) is 0 Å². The van der Waals surface area contributed by atoms with Gasteiger partial charge in [-0.1, -0.05) is 30.3 Å². The number of hydrogen-bond acceptors (Lipinski definition) is 3. The molecule has 18 heavy (non-hydrogen) atoms. The van der Waals surface area contributed by atoms with Gasteiger partial charge >= 0.3 is 0 Å². The van der Waals surface area contributed by atoms with E-state index in [1.807, 2.05) is 18.2 Å². The summed E-state index contributed by atoms with van der Waals surface area (Å²) in [5.41, 5.74) is 2.69. The first-order valence-corrected chi connectivity index (χ1v) is 5.93. The zero-order valence-electron chi connectivity index (χ0n) is 9.84. The second-order valence-corrected chi connectivity index (χ2v) is 4.25. The van der Waals surface area contributed by atoms with Crippen molar-refractivity contribution in [2.45, 2.75) is 12.8 Å². The van der Waals surface area contributed by atoms with E-state index in [0.717, 1.165) is 18.4 Å². The molecule has 0 fully saturated rings. The number of benzene rings is 2. The predicted molar refractivity (Wildman–Crippen MR) is 69.5 cm³/mol. The molecule has 3 rings (SSSR count). The summed E-state index contributed by atoms with van der Waals surface area (Å²) in [7, 11) is 0. The molecule has 0 aliphatic rings. The van der Waals surface area contributed by atoms with Crippen LogP contribution >= 0.6 is 0 Å². The second-order valence-electron chi connectivity index (χ2n) is 4.25. The van der Waals surface area contributed by atoms with Gasteiger partial charge < -0.3 is 9.52 Å². The van der Waals surface area contributed by atoms with Gasteiger partial charge in [0.15, 0.2) is 11.5 Å². The van der Waals surface area contributed by atoms with Gasteiger partial charge in [0, 0.05) is 12.5 Å². The topological polar surface area (TPSA) is 46.3 Å². The average molecular weight is 239 g/mol. The van der Waals surface area contributed by atoms with E-state index in [1.54, 1.807) is 18.2 Å². The van der Waals surface area contributed by atoms with Crippen molar-refractivity contribution in [3.05, 3.63) is 60.0 Å². The molecule has 3 nitrogen and oxygen atoms in total. The highest BCUT2D eigenvalue weighted by Gasteiger charge is 2.06. The highest BCUT2D eigenvalue weighted by atomic mass is 16.3. The SMILES string of the molecule is Oc1ccc2nc(CCc3ccccc3)oc2c1. The van der Waals surface area contributed by atoms with Gasteiger partial charge in [0.25, 0.3) is 0 Å². The standard InChI is InChI=1S/C15H13NO2/c17-12-7-8-13-14(10-12)18-15(16-13)9-6-11-4-2-1-3-5-11/h1-5,7-8,10,17H,6,9H2. The molecule has 0 aliphatic heterocycles. The zero-order chi connectivity index (χ0) is 12.4. The fraction of sp³-hybridized carbons (Fsp3) is 0.133. The summed E-state index contributed by atoms with van der Waals surface area (Å²) in [6.45, 7) is 0. The van der Waals surface area contributed by atoms with E-state index in [2.05, 4.69) is 17.1 Å². The third kappa shape index (κ3) is 2.20. The Labute approximate surface area is 105 Å². The Balaban J connectivity index is 1.79. The van der Waals surface area contributed by atoms with Crippen LogP contribution in [0.15, 0.2) is 52.9 Å². The van der Waals surface area contributed by atoms with Crippen molar-refractivity contribution in [1.82, 2.24) is 4.98 Å². The Hall–Kier alpha value is -2.29. The molecule has 0 bridgehead atoms. The van der Waals surface area contributed by atoms with Crippen LogP contribution in [0.2, 0.25) is 0 Å². The van der Waals surface area contributed by atoms with Crippen molar-refractivity contribution in [2.24, 2.45) is 0 Å². The lowest BCUT2D eigenvalue weighted by molar-refractivity contribution is 0.473. The van der Waals surface area contributed by atoms with Crippen molar-refractivity contribution in [2.75, 3.05) is 0 Å².